The minimum Gasteiger partial charge on any atom is -0.299 e. The first kappa shape index (κ1) is 7.73. The van der Waals surface area contributed by atoms with E-state index in [4.69, 9.17) is 5.26 Å². The van der Waals surface area contributed by atoms with Gasteiger partial charge in [0.1, 0.15) is 5.78 Å². The van der Waals surface area contributed by atoms with Crippen LogP contribution in [0.2, 0.25) is 0 Å². The van der Waals surface area contributed by atoms with Crippen molar-refractivity contribution >= 4 is 11.7 Å². The van der Waals surface area contributed by atoms with E-state index < -0.39 is 5.91 Å². The maximum atomic E-state index is 10.9. The van der Waals surface area contributed by atoms with Crippen LogP contribution in [0.25, 0.3) is 0 Å². The van der Waals surface area contributed by atoms with E-state index in [1.807, 2.05) is 5.32 Å². The molecule has 1 N–H and O–H groups in total. The minimum atomic E-state index is -0.496. The second kappa shape index (κ2) is 3.15. The fourth-order valence-corrected chi connectivity index (χ4v) is 0.814. The number of carbonyl (C=O) groups is 2. The molecular formula is C7H8N2O2. The number of amides is 1. The molecule has 0 atom stereocenters. The quantitative estimate of drug-likeness (QED) is 0.350. The fourth-order valence-electron chi connectivity index (χ4n) is 0.814. The molecule has 0 bridgehead atoms. The Kier molecular flexibility index (Phi) is 2.21. The lowest BCUT2D eigenvalue weighted by atomic mass is 10.2. The normalized spacial score (nSPS) is 15.2. The maximum Gasteiger partial charge on any atom is 0.240 e. The van der Waals surface area contributed by atoms with Crippen molar-refractivity contribution in [2.75, 3.05) is 0 Å². The largest absolute Gasteiger partial charge is 0.299 e. The molecule has 0 aromatic rings. The first-order valence-corrected chi connectivity index (χ1v) is 3.44. The average Bonchev–Trinajstić information content (AvgIpc) is 2.67. The summed E-state index contributed by atoms with van der Waals surface area (Å²) in [5, 5.41) is 9.92. The van der Waals surface area contributed by atoms with Crippen molar-refractivity contribution in [2.24, 2.45) is 5.92 Å². The first-order valence-electron chi connectivity index (χ1n) is 3.44. The molecule has 1 amide bonds. The standard InChI is InChI=1S/C7H8N2O2/c8-4-9-7(11)3-6(10)5-1-2-5/h5H,1-3H2,(H,9,11). The van der Waals surface area contributed by atoms with E-state index in [0.29, 0.717) is 0 Å². The summed E-state index contributed by atoms with van der Waals surface area (Å²) in [6, 6.07) is 0. The molecule has 4 heteroatoms. The van der Waals surface area contributed by atoms with E-state index in [1.165, 1.54) is 6.19 Å². The number of ketones is 1. The number of hydrogen-bond donors (Lipinski definition) is 1. The highest BCUT2D eigenvalue weighted by Crippen LogP contribution is 2.30. The zero-order valence-corrected chi connectivity index (χ0v) is 5.96. The second-order valence-corrected chi connectivity index (χ2v) is 2.58. The molecule has 1 fully saturated rings. The van der Waals surface area contributed by atoms with Crippen LogP contribution in [-0.2, 0) is 9.59 Å². The zero-order valence-electron chi connectivity index (χ0n) is 5.96. The summed E-state index contributed by atoms with van der Waals surface area (Å²) >= 11 is 0. The number of carbonyl (C=O) groups excluding carboxylic acids is 2. The van der Waals surface area contributed by atoms with Gasteiger partial charge in [0.25, 0.3) is 0 Å². The molecule has 0 saturated heterocycles. The van der Waals surface area contributed by atoms with Crippen LogP contribution in [0.3, 0.4) is 0 Å². The smallest absolute Gasteiger partial charge is 0.240 e. The number of nitriles is 1. The molecule has 58 valence electrons. The van der Waals surface area contributed by atoms with Crippen molar-refractivity contribution < 1.29 is 9.59 Å². The Morgan fingerprint density at radius 1 is 1.55 bits per heavy atom. The molecule has 0 aromatic heterocycles. The Bertz CT molecular complexity index is 225. The van der Waals surface area contributed by atoms with Crippen LogP contribution >= 0.6 is 0 Å². The Labute approximate surface area is 64.2 Å². The monoisotopic (exact) mass is 152 g/mol. The summed E-state index contributed by atoms with van der Waals surface area (Å²) in [7, 11) is 0. The van der Waals surface area contributed by atoms with Crippen LogP contribution in [0, 0.1) is 17.4 Å². The summed E-state index contributed by atoms with van der Waals surface area (Å²) in [4.78, 5) is 21.6. The van der Waals surface area contributed by atoms with Crippen LogP contribution in [-0.4, -0.2) is 11.7 Å². The number of nitrogens with zero attached hydrogens (tertiary/aromatic N) is 1. The second-order valence-electron chi connectivity index (χ2n) is 2.58. The molecule has 4 nitrogen and oxygen atoms in total. The van der Waals surface area contributed by atoms with Gasteiger partial charge in [-0.1, -0.05) is 0 Å². The van der Waals surface area contributed by atoms with Crippen molar-refractivity contribution in [3.05, 3.63) is 0 Å². The Morgan fingerprint density at radius 3 is 2.64 bits per heavy atom. The maximum absolute atomic E-state index is 10.9. The van der Waals surface area contributed by atoms with Crippen LogP contribution in [0.5, 0.6) is 0 Å². The highest BCUT2D eigenvalue weighted by Gasteiger charge is 2.30. The Morgan fingerprint density at radius 2 is 2.18 bits per heavy atom. The molecule has 11 heavy (non-hydrogen) atoms. The van der Waals surface area contributed by atoms with Crippen molar-refractivity contribution in [3.63, 3.8) is 0 Å². The van der Waals surface area contributed by atoms with Gasteiger partial charge < -0.3 is 0 Å². The van der Waals surface area contributed by atoms with E-state index in [-0.39, 0.29) is 18.1 Å². The third-order valence-electron chi connectivity index (χ3n) is 1.56. The van der Waals surface area contributed by atoms with Gasteiger partial charge in [0.15, 0.2) is 6.19 Å². The fraction of sp³-hybridized carbons (Fsp3) is 0.571. The number of hydrogen-bond acceptors (Lipinski definition) is 3. The Hall–Kier alpha value is -1.37. The van der Waals surface area contributed by atoms with Gasteiger partial charge in [0.2, 0.25) is 5.91 Å². The van der Waals surface area contributed by atoms with Crippen LogP contribution < -0.4 is 5.32 Å². The molecule has 0 heterocycles. The van der Waals surface area contributed by atoms with Gasteiger partial charge >= 0.3 is 0 Å². The lowest BCUT2D eigenvalue weighted by Crippen LogP contribution is -2.21. The van der Waals surface area contributed by atoms with Gasteiger partial charge in [0.05, 0.1) is 6.42 Å². The van der Waals surface area contributed by atoms with Crippen LogP contribution in [0.15, 0.2) is 0 Å². The minimum absolute atomic E-state index is 0.0437. The third kappa shape index (κ3) is 2.38. The predicted octanol–water partition coefficient (Wildman–Crippen LogP) is -0.0471. The van der Waals surface area contributed by atoms with Gasteiger partial charge in [-0.25, -0.2) is 0 Å². The molecule has 0 unspecified atom stereocenters. The van der Waals surface area contributed by atoms with Gasteiger partial charge in [-0.3, -0.25) is 14.9 Å². The third-order valence-corrected chi connectivity index (χ3v) is 1.56. The number of nitrogens with one attached hydrogen (secondary N) is 1. The molecular weight excluding hydrogens is 144 g/mol. The summed E-state index contributed by atoms with van der Waals surface area (Å²) in [5.74, 6) is -0.443. The van der Waals surface area contributed by atoms with Crippen molar-refractivity contribution in [3.8, 4) is 6.19 Å². The SMILES string of the molecule is N#CNC(=O)CC(=O)C1CC1. The highest BCUT2D eigenvalue weighted by atomic mass is 16.2. The van der Waals surface area contributed by atoms with Crippen LogP contribution in [0.4, 0.5) is 0 Å². The lowest BCUT2D eigenvalue weighted by molar-refractivity contribution is -0.128. The lowest BCUT2D eigenvalue weighted by Gasteiger charge is -1.93. The van der Waals surface area contributed by atoms with Crippen molar-refractivity contribution in [2.45, 2.75) is 19.3 Å². The van der Waals surface area contributed by atoms with E-state index in [9.17, 15) is 9.59 Å². The zero-order chi connectivity index (χ0) is 8.27. The molecule has 0 radical (unpaired) electrons. The predicted molar refractivity (Wildman–Crippen MR) is 36.1 cm³/mol. The van der Waals surface area contributed by atoms with E-state index >= 15 is 0 Å². The molecule has 1 aliphatic rings. The van der Waals surface area contributed by atoms with Crippen molar-refractivity contribution in [1.29, 1.82) is 5.26 Å². The van der Waals surface area contributed by atoms with Gasteiger partial charge in [-0.05, 0) is 12.8 Å². The highest BCUT2D eigenvalue weighted by molar-refractivity contribution is 6.00. The summed E-state index contributed by atoms with van der Waals surface area (Å²) in [6.07, 6.45) is 3.14. The summed E-state index contributed by atoms with van der Waals surface area (Å²) in [6.45, 7) is 0. The number of Topliss-reactive ketones (excluding diaryl/α,β-unsaturated/α-hetero) is 1. The molecule has 0 aliphatic heterocycles. The van der Waals surface area contributed by atoms with Gasteiger partial charge in [0, 0.05) is 5.92 Å². The average molecular weight is 152 g/mol. The summed E-state index contributed by atoms with van der Waals surface area (Å²) < 4.78 is 0. The van der Waals surface area contributed by atoms with E-state index in [0.717, 1.165) is 12.8 Å². The van der Waals surface area contributed by atoms with Crippen molar-refractivity contribution in [1.82, 2.24) is 5.32 Å². The van der Waals surface area contributed by atoms with Gasteiger partial charge in [-0.2, -0.15) is 5.26 Å². The van der Waals surface area contributed by atoms with E-state index in [2.05, 4.69) is 0 Å². The topological polar surface area (TPSA) is 70.0 Å². The number of rotatable bonds is 3. The van der Waals surface area contributed by atoms with Gasteiger partial charge in [-0.15, -0.1) is 0 Å². The molecule has 1 aliphatic carbocycles. The Balaban J connectivity index is 2.24. The molecule has 1 rings (SSSR count). The summed E-state index contributed by atoms with van der Waals surface area (Å²) in [5.41, 5.74) is 0. The molecule has 0 aromatic carbocycles. The molecule has 1 saturated carbocycles. The molecule has 0 spiro atoms. The van der Waals surface area contributed by atoms with Crippen LogP contribution in [0.1, 0.15) is 19.3 Å². The van der Waals surface area contributed by atoms with E-state index in [1.54, 1.807) is 0 Å². The first-order chi connectivity index (χ1) is 5.24.